The molecule has 0 aromatic rings. The summed E-state index contributed by atoms with van der Waals surface area (Å²) in [6.45, 7) is 4.50. The summed E-state index contributed by atoms with van der Waals surface area (Å²) in [4.78, 5) is 11.3. The van der Waals surface area contributed by atoms with Crippen LogP contribution >= 0.6 is 0 Å². The fraction of sp³-hybridized carbons (Fsp3) is 0.727. The summed E-state index contributed by atoms with van der Waals surface area (Å²) >= 11 is 0. The van der Waals surface area contributed by atoms with Crippen molar-refractivity contribution in [3.8, 4) is 0 Å². The van der Waals surface area contributed by atoms with E-state index < -0.39 is 0 Å². The number of ketones is 1. The second kappa shape index (κ2) is 2.45. The van der Waals surface area contributed by atoms with Crippen molar-refractivity contribution in [1.29, 1.82) is 0 Å². The van der Waals surface area contributed by atoms with Crippen molar-refractivity contribution in [2.75, 3.05) is 0 Å². The van der Waals surface area contributed by atoms with Gasteiger partial charge in [-0.3, -0.25) is 4.79 Å². The van der Waals surface area contributed by atoms with Crippen molar-refractivity contribution >= 4 is 5.78 Å². The first-order valence-electron chi connectivity index (χ1n) is 4.87. The Balaban J connectivity index is 2.34. The van der Waals surface area contributed by atoms with E-state index in [1.54, 1.807) is 0 Å². The molecule has 0 N–H and O–H groups in total. The van der Waals surface area contributed by atoms with Crippen LogP contribution in [0.1, 0.15) is 39.5 Å². The predicted molar refractivity (Wildman–Crippen MR) is 48.8 cm³/mol. The molecule has 1 fully saturated rings. The van der Waals surface area contributed by atoms with Crippen LogP contribution in [0, 0.1) is 11.3 Å². The molecule has 2 atom stereocenters. The lowest BCUT2D eigenvalue weighted by atomic mass is 9.69. The van der Waals surface area contributed by atoms with E-state index in [1.165, 1.54) is 24.8 Å². The molecule has 2 aliphatic rings. The first kappa shape index (κ1) is 8.03. The van der Waals surface area contributed by atoms with Gasteiger partial charge in [-0.15, -0.1) is 0 Å². The van der Waals surface area contributed by atoms with E-state index >= 15 is 0 Å². The highest BCUT2D eigenvalue weighted by atomic mass is 16.1. The molecular formula is C11H16O. The molecule has 2 rings (SSSR count). The third kappa shape index (κ3) is 1.03. The average molecular weight is 164 g/mol. The maximum absolute atomic E-state index is 11.3. The molecule has 0 amide bonds. The Bertz CT molecular complexity index is 252. The van der Waals surface area contributed by atoms with Crippen LogP contribution in [0.25, 0.3) is 0 Å². The highest BCUT2D eigenvalue weighted by Gasteiger charge is 2.40. The van der Waals surface area contributed by atoms with Crippen molar-refractivity contribution in [2.45, 2.75) is 39.5 Å². The van der Waals surface area contributed by atoms with Crippen LogP contribution in [-0.2, 0) is 4.79 Å². The van der Waals surface area contributed by atoms with Crippen molar-refractivity contribution in [1.82, 2.24) is 0 Å². The molecule has 0 aromatic carbocycles. The van der Waals surface area contributed by atoms with E-state index in [4.69, 9.17) is 0 Å². The molecule has 12 heavy (non-hydrogen) atoms. The summed E-state index contributed by atoms with van der Waals surface area (Å²) in [7, 11) is 0. The zero-order valence-electron chi connectivity index (χ0n) is 7.89. The van der Waals surface area contributed by atoms with Crippen LogP contribution in [0.15, 0.2) is 11.6 Å². The minimum atomic E-state index is 0.245. The monoisotopic (exact) mass is 164 g/mol. The van der Waals surface area contributed by atoms with Gasteiger partial charge in [0.15, 0.2) is 5.78 Å². The Morgan fingerprint density at radius 3 is 3.00 bits per heavy atom. The van der Waals surface area contributed by atoms with Gasteiger partial charge in [0.1, 0.15) is 0 Å². The molecule has 1 saturated carbocycles. The molecule has 0 aliphatic heterocycles. The predicted octanol–water partition coefficient (Wildman–Crippen LogP) is 2.71. The maximum atomic E-state index is 11.3. The smallest absolute Gasteiger partial charge is 0.156 e. The van der Waals surface area contributed by atoms with E-state index in [-0.39, 0.29) is 5.41 Å². The second-order valence-electron chi connectivity index (χ2n) is 4.60. The van der Waals surface area contributed by atoms with Crippen molar-refractivity contribution in [3.05, 3.63) is 11.6 Å². The first-order chi connectivity index (χ1) is 5.62. The van der Waals surface area contributed by atoms with Gasteiger partial charge < -0.3 is 0 Å². The molecule has 66 valence electrons. The number of hydrogen-bond acceptors (Lipinski definition) is 1. The van der Waals surface area contributed by atoms with Gasteiger partial charge in [-0.1, -0.05) is 25.8 Å². The van der Waals surface area contributed by atoms with E-state index in [2.05, 4.69) is 13.8 Å². The van der Waals surface area contributed by atoms with Gasteiger partial charge >= 0.3 is 0 Å². The van der Waals surface area contributed by atoms with Crippen LogP contribution in [0.3, 0.4) is 0 Å². The summed E-state index contributed by atoms with van der Waals surface area (Å²) < 4.78 is 0. The Morgan fingerprint density at radius 2 is 2.33 bits per heavy atom. The number of carbonyl (C=O) groups excluding carboxylic acids is 1. The van der Waals surface area contributed by atoms with Crippen molar-refractivity contribution in [2.24, 2.45) is 11.3 Å². The van der Waals surface area contributed by atoms with Gasteiger partial charge in [0.05, 0.1) is 0 Å². The van der Waals surface area contributed by atoms with Gasteiger partial charge in [0.2, 0.25) is 0 Å². The quantitative estimate of drug-likeness (QED) is 0.538. The molecule has 0 radical (unpaired) electrons. The fourth-order valence-corrected chi connectivity index (χ4v) is 2.81. The van der Waals surface area contributed by atoms with Gasteiger partial charge in [-0.05, 0) is 30.3 Å². The third-order valence-electron chi connectivity index (χ3n) is 3.47. The summed E-state index contributed by atoms with van der Waals surface area (Å²) in [5.41, 5.74) is 1.67. The van der Waals surface area contributed by atoms with Crippen LogP contribution in [-0.4, -0.2) is 5.78 Å². The SMILES string of the molecule is C[C@@H]1CCC[C@@]2(C)CC(=O)C=C12. The van der Waals surface area contributed by atoms with Crippen LogP contribution in [0.5, 0.6) is 0 Å². The molecule has 0 aromatic heterocycles. The lowest BCUT2D eigenvalue weighted by Crippen LogP contribution is -2.25. The van der Waals surface area contributed by atoms with Crippen LogP contribution < -0.4 is 0 Å². The van der Waals surface area contributed by atoms with E-state index in [0.717, 1.165) is 6.42 Å². The van der Waals surface area contributed by atoms with E-state index in [9.17, 15) is 4.79 Å². The topological polar surface area (TPSA) is 17.1 Å². The number of allylic oxidation sites excluding steroid dienone is 2. The van der Waals surface area contributed by atoms with Gasteiger partial charge in [0.25, 0.3) is 0 Å². The number of carbonyl (C=O) groups is 1. The van der Waals surface area contributed by atoms with Gasteiger partial charge in [0, 0.05) is 6.42 Å². The van der Waals surface area contributed by atoms with Crippen molar-refractivity contribution < 1.29 is 4.79 Å². The lowest BCUT2D eigenvalue weighted by Gasteiger charge is -2.36. The minimum absolute atomic E-state index is 0.245. The molecule has 0 spiro atoms. The normalized spacial score (nSPS) is 41.0. The molecule has 1 heteroatoms. The summed E-state index contributed by atoms with van der Waals surface area (Å²) in [5.74, 6) is 0.997. The molecule has 0 saturated heterocycles. The molecule has 0 bridgehead atoms. The highest BCUT2D eigenvalue weighted by Crippen LogP contribution is 2.49. The molecule has 2 aliphatic carbocycles. The fourth-order valence-electron chi connectivity index (χ4n) is 2.81. The molecule has 0 heterocycles. The zero-order chi connectivity index (χ0) is 8.77. The Kier molecular flexibility index (Phi) is 1.64. The molecule has 0 unspecified atom stereocenters. The second-order valence-corrected chi connectivity index (χ2v) is 4.60. The average Bonchev–Trinajstić information content (AvgIpc) is 2.26. The Labute approximate surface area is 73.8 Å². The molecular weight excluding hydrogens is 148 g/mol. The number of fused-ring (bicyclic) bond motifs is 1. The minimum Gasteiger partial charge on any atom is -0.295 e. The summed E-state index contributed by atoms with van der Waals surface area (Å²) in [6.07, 6.45) is 6.46. The van der Waals surface area contributed by atoms with Crippen LogP contribution in [0.2, 0.25) is 0 Å². The largest absolute Gasteiger partial charge is 0.295 e. The van der Waals surface area contributed by atoms with Crippen LogP contribution in [0.4, 0.5) is 0 Å². The number of hydrogen-bond donors (Lipinski definition) is 0. The van der Waals surface area contributed by atoms with Gasteiger partial charge in [-0.25, -0.2) is 0 Å². The Morgan fingerprint density at radius 1 is 1.58 bits per heavy atom. The molecule has 1 nitrogen and oxygen atoms in total. The van der Waals surface area contributed by atoms with Gasteiger partial charge in [-0.2, -0.15) is 0 Å². The van der Waals surface area contributed by atoms with Crippen molar-refractivity contribution in [3.63, 3.8) is 0 Å². The first-order valence-corrected chi connectivity index (χ1v) is 4.87. The zero-order valence-corrected chi connectivity index (χ0v) is 7.89. The van der Waals surface area contributed by atoms with E-state index in [0.29, 0.717) is 11.7 Å². The summed E-state index contributed by atoms with van der Waals surface area (Å²) in [6, 6.07) is 0. The third-order valence-corrected chi connectivity index (χ3v) is 3.47. The highest BCUT2D eigenvalue weighted by molar-refractivity contribution is 5.94. The summed E-state index contributed by atoms with van der Waals surface area (Å²) in [5, 5.41) is 0. The maximum Gasteiger partial charge on any atom is 0.156 e. The Hall–Kier alpha value is -0.590. The van der Waals surface area contributed by atoms with E-state index in [1.807, 2.05) is 6.08 Å². The standard InChI is InChI=1S/C11H16O/c1-8-4-3-5-11(2)7-9(12)6-10(8)11/h6,8H,3-5,7H2,1-2H3/t8-,11+/m1/s1. The lowest BCUT2D eigenvalue weighted by molar-refractivity contribution is -0.115. The number of rotatable bonds is 0.